The molecule has 1 aliphatic rings. The molecule has 3 rings (SSSR count). The first-order valence-corrected chi connectivity index (χ1v) is 6.46. The summed E-state index contributed by atoms with van der Waals surface area (Å²) >= 11 is 1.63. The van der Waals surface area contributed by atoms with E-state index in [0.717, 1.165) is 16.4 Å². The van der Waals surface area contributed by atoms with Crippen molar-refractivity contribution in [2.75, 3.05) is 0 Å². The molecule has 2 aromatic rings. The summed E-state index contributed by atoms with van der Waals surface area (Å²) in [6, 6.07) is 11.7. The smallest absolute Gasteiger partial charge is 0.145 e. The monoisotopic (exact) mass is 256 g/mol. The highest BCUT2D eigenvalue weighted by Gasteiger charge is 2.36. The molecule has 1 unspecified atom stereocenters. The predicted octanol–water partition coefficient (Wildman–Crippen LogP) is 2.35. The summed E-state index contributed by atoms with van der Waals surface area (Å²) in [7, 11) is 0. The predicted molar refractivity (Wildman–Crippen MR) is 73.1 cm³/mol. The third-order valence-corrected chi connectivity index (χ3v) is 3.91. The molecular formula is C13H12N4S. The fourth-order valence-corrected chi connectivity index (χ4v) is 2.77. The highest BCUT2D eigenvalue weighted by atomic mass is 32.2. The number of hydrogen-bond donors (Lipinski definition) is 1. The average molecular weight is 256 g/mol. The van der Waals surface area contributed by atoms with Crippen LogP contribution >= 0.6 is 11.8 Å². The summed E-state index contributed by atoms with van der Waals surface area (Å²) in [5.74, 6) is 0. The van der Waals surface area contributed by atoms with Gasteiger partial charge in [-0.25, -0.2) is 0 Å². The van der Waals surface area contributed by atoms with Crippen LogP contribution in [0, 0.1) is 0 Å². The van der Waals surface area contributed by atoms with E-state index < -0.39 is 0 Å². The number of nitrogens with one attached hydrogen (secondary N) is 1. The van der Waals surface area contributed by atoms with Crippen molar-refractivity contribution in [3.63, 3.8) is 0 Å². The van der Waals surface area contributed by atoms with Crippen LogP contribution in [0.3, 0.4) is 0 Å². The molecule has 0 spiro atoms. The lowest BCUT2D eigenvalue weighted by Crippen LogP contribution is -2.29. The van der Waals surface area contributed by atoms with Gasteiger partial charge in [0.05, 0.1) is 11.4 Å². The maximum absolute atomic E-state index is 4.38. The molecule has 0 bridgehead atoms. The molecule has 18 heavy (non-hydrogen) atoms. The molecular weight excluding hydrogens is 244 g/mol. The van der Waals surface area contributed by atoms with Crippen LogP contribution in [0.25, 0.3) is 0 Å². The molecule has 0 aromatic carbocycles. The molecule has 0 saturated carbocycles. The van der Waals surface area contributed by atoms with Gasteiger partial charge in [0.25, 0.3) is 0 Å². The second-order valence-electron chi connectivity index (χ2n) is 4.09. The van der Waals surface area contributed by atoms with E-state index >= 15 is 0 Å². The van der Waals surface area contributed by atoms with Gasteiger partial charge in [-0.2, -0.15) is 5.10 Å². The largest absolute Gasteiger partial charge is 0.287 e. The van der Waals surface area contributed by atoms with Crippen molar-refractivity contribution in [2.24, 2.45) is 5.10 Å². The number of hydrazone groups is 1. The lowest BCUT2D eigenvalue weighted by molar-refractivity contribution is 0.547. The maximum atomic E-state index is 4.38. The summed E-state index contributed by atoms with van der Waals surface area (Å²) in [5, 5.41) is 5.25. The van der Waals surface area contributed by atoms with Crippen LogP contribution in [-0.4, -0.2) is 15.0 Å². The quantitative estimate of drug-likeness (QED) is 0.896. The molecule has 0 saturated heterocycles. The zero-order chi connectivity index (χ0) is 12.4. The third kappa shape index (κ3) is 1.97. The number of nitrogens with zero attached hydrogens (tertiary/aromatic N) is 3. The molecule has 1 aliphatic heterocycles. The summed E-state index contributed by atoms with van der Waals surface area (Å²) < 4.78 is 0. The number of aromatic nitrogens is 2. The Morgan fingerprint density at radius 3 is 2.50 bits per heavy atom. The Labute approximate surface area is 110 Å². The second-order valence-corrected chi connectivity index (χ2v) is 5.50. The molecule has 1 N–H and O–H groups in total. The van der Waals surface area contributed by atoms with Gasteiger partial charge in [-0.15, -0.1) is 0 Å². The molecule has 90 valence electrons. The minimum Gasteiger partial charge on any atom is -0.287 e. The van der Waals surface area contributed by atoms with E-state index in [1.807, 2.05) is 36.4 Å². The lowest BCUT2D eigenvalue weighted by Gasteiger charge is -2.21. The van der Waals surface area contributed by atoms with Crippen molar-refractivity contribution in [2.45, 2.75) is 11.8 Å². The van der Waals surface area contributed by atoms with E-state index in [4.69, 9.17) is 0 Å². The van der Waals surface area contributed by atoms with Gasteiger partial charge in [0.15, 0.2) is 0 Å². The minimum absolute atomic E-state index is 0.325. The number of thioether (sulfide) groups is 1. The molecule has 0 fully saturated rings. The van der Waals surface area contributed by atoms with Crippen LogP contribution in [0.2, 0.25) is 0 Å². The van der Waals surface area contributed by atoms with Crippen LogP contribution in [0.4, 0.5) is 0 Å². The minimum atomic E-state index is -0.325. The molecule has 0 amide bonds. The Kier molecular flexibility index (Phi) is 2.76. The summed E-state index contributed by atoms with van der Waals surface area (Å²) in [4.78, 5) is 8.37. The van der Waals surface area contributed by atoms with Crippen LogP contribution in [-0.2, 0) is 4.87 Å². The van der Waals surface area contributed by atoms with Crippen LogP contribution < -0.4 is 5.43 Å². The van der Waals surface area contributed by atoms with E-state index in [-0.39, 0.29) is 4.87 Å². The Morgan fingerprint density at radius 1 is 1.06 bits per heavy atom. The van der Waals surface area contributed by atoms with Gasteiger partial charge >= 0.3 is 0 Å². The fourth-order valence-electron chi connectivity index (χ4n) is 1.75. The van der Waals surface area contributed by atoms with Gasteiger partial charge in [-0.1, -0.05) is 23.9 Å². The van der Waals surface area contributed by atoms with Crippen LogP contribution in [0.15, 0.2) is 53.9 Å². The van der Waals surface area contributed by atoms with Gasteiger partial charge in [-0.05, 0) is 31.2 Å². The zero-order valence-corrected chi connectivity index (χ0v) is 10.7. The zero-order valence-electron chi connectivity index (χ0n) is 9.87. The van der Waals surface area contributed by atoms with Gasteiger partial charge in [0, 0.05) is 12.4 Å². The van der Waals surface area contributed by atoms with E-state index in [9.17, 15) is 0 Å². The SMILES string of the molecule is CC1(c2ccccn2)NN=C(c2ccccn2)S1. The number of rotatable bonds is 2. The first-order chi connectivity index (χ1) is 8.78. The Balaban J connectivity index is 1.86. The number of pyridine rings is 2. The highest BCUT2D eigenvalue weighted by molar-refractivity contribution is 8.15. The normalized spacial score (nSPS) is 22.4. The molecule has 3 heterocycles. The molecule has 0 radical (unpaired) electrons. The van der Waals surface area contributed by atoms with Crippen molar-refractivity contribution < 1.29 is 0 Å². The van der Waals surface area contributed by atoms with E-state index in [1.165, 1.54) is 0 Å². The number of hydrogen-bond acceptors (Lipinski definition) is 5. The van der Waals surface area contributed by atoms with Crippen molar-refractivity contribution in [3.05, 3.63) is 60.2 Å². The first kappa shape index (κ1) is 11.2. The van der Waals surface area contributed by atoms with E-state index in [2.05, 4.69) is 27.4 Å². The maximum Gasteiger partial charge on any atom is 0.145 e. The van der Waals surface area contributed by atoms with Gasteiger partial charge in [0.2, 0.25) is 0 Å². The van der Waals surface area contributed by atoms with Gasteiger partial charge in [0.1, 0.15) is 9.91 Å². The lowest BCUT2D eigenvalue weighted by atomic mass is 10.2. The van der Waals surface area contributed by atoms with E-state index in [1.54, 1.807) is 24.2 Å². The standard InChI is InChI=1S/C13H12N4S/c1-13(11-7-3-5-9-15-11)17-16-12(18-13)10-6-2-4-8-14-10/h2-9,17H,1H3. The van der Waals surface area contributed by atoms with Crippen molar-refractivity contribution in [1.29, 1.82) is 0 Å². The molecule has 0 aliphatic carbocycles. The average Bonchev–Trinajstić information content (AvgIpc) is 2.85. The molecule has 1 atom stereocenters. The first-order valence-electron chi connectivity index (χ1n) is 5.65. The van der Waals surface area contributed by atoms with Crippen molar-refractivity contribution in [1.82, 2.24) is 15.4 Å². The topological polar surface area (TPSA) is 50.2 Å². The fraction of sp³-hybridized carbons (Fsp3) is 0.154. The Bertz CT molecular complexity index is 570. The van der Waals surface area contributed by atoms with Crippen LogP contribution in [0.5, 0.6) is 0 Å². The van der Waals surface area contributed by atoms with E-state index in [0.29, 0.717) is 0 Å². The second kappa shape index (κ2) is 4.42. The molecule has 2 aromatic heterocycles. The molecule has 4 nitrogen and oxygen atoms in total. The van der Waals surface area contributed by atoms with Crippen molar-refractivity contribution >= 4 is 16.8 Å². The summed E-state index contributed by atoms with van der Waals surface area (Å²) in [6.45, 7) is 2.07. The third-order valence-electron chi connectivity index (χ3n) is 2.71. The van der Waals surface area contributed by atoms with Gasteiger partial charge in [-0.3, -0.25) is 15.4 Å². The van der Waals surface area contributed by atoms with Crippen molar-refractivity contribution in [3.8, 4) is 0 Å². The Morgan fingerprint density at radius 2 is 1.83 bits per heavy atom. The summed E-state index contributed by atoms with van der Waals surface area (Å²) in [5.41, 5.74) is 4.99. The molecule has 5 heteroatoms. The van der Waals surface area contributed by atoms with Gasteiger partial charge < -0.3 is 0 Å². The highest BCUT2D eigenvalue weighted by Crippen LogP contribution is 2.38. The Hall–Kier alpha value is -1.88. The van der Waals surface area contributed by atoms with Crippen LogP contribution in [0.1, 0.15) is 18.3 Å². The summed E-state index contributed by atoms with van der Waals surface area (Å²) in [6.07, 6.45) is 3.57.